The first-order valence-corrected chi connectivity index (χ1v) is 9.28. The number of para-hydroxylation sites is 1. The maximum absolute atomic E-state index is 12.1. The van der Waals surface area contributed by atoms with E-state index >= 15 is 0 Å². The lowest BCUT2D eigenvalue weighted by atomic mass is 10.2. The van der Waals surface area contributed by atoms with Crippen LogP contribution in [0.4, 0.5) is 16.2 Å². The molecule has 0 saturated heterocycles. The molecule has 0 radical (unpaired) electrons. The molecule has 0 aliphatic carbocycles. The Morgan fingerprint density at radius 3 is 2.32 bits per heavy atom. The highest BCUT2D eigenvalue weighted by atomic mass is 79.9. The van der Waals surface area contributed by atoms with E-state index < -0.39 is 0 Å². The molecule has 0 fully saturated rings. The van der Waals surface area contributed by atoms with Crippen LogP contribution in [-0.4, -0.2) is 16.0 Å². The summed E-state index contributed by atoms with van der Waals surface area (Å²) < 4.78 is 6.83. The number of hydrogen-bond donors (Lipinski definition) is 2. The number of hydrogen-bond acceptors (Lipinski definition) is 4. The Bertz CT molecular complexity index is 1120. The fraction of sp³-hybridized carbons (Fsp3) is 0. The molecular weight excluding hydrogens is 420 g/mol. The zero-order valence-corrected chi connectivity index (χ0v) is 16.2. The summed E-state index contributed by atoms with van der Waals surface area (Å²) in [5, 5.41) is 6.36. The summed E-state index contributed by atoms with van der Waals surface area (Å²) in [5.74, 6) is 1.08. The molecule has 0 unspecified atom stereocenters. The van der Waals surface area contributed by atoms with Crippen molar-refractivity contribution in [2.24, 2.45) is 0 Å². The molecule has 138 valence electrons. The van der Waals surface area contributed by atoms with E-state index in [9.17, 15) is 4.79 Å². The SMILES string of the molecule is O=C(Nc1ccccc1)Nc1ccc(Oc2ncnc3cc(Br)ccc23)cc1. The van der Waals surface area contributed by atoms with Crippen molar-refractivity contribution in [2.45, 2.75) is 0 Å². The molecule has 0 aliphatic heterocycles. The number of urea groups is 1. The highest BCUT2D eigenvalue weighted by molar-refractivity contribution is 9.10. The summed E-state index contributed by atoms with van der Waals surface area (Å²) in [5.41, 5.74) is 2.16. The lowest BCUT2D eigenvalue weighted by Crippen LogP contribution is -2.19. The van der Waals surface area contributed by atoms with E-state index in [2.05, 4.69) is 36.5 Å². The zero-order chi connectivity index (χ0) is 19.3. The summed E-state index contributed by atoms with van der Waals surface area (Å²) in [7, 11) is 0. The predicted octanol–water partition coefficient (Wildman–Crippen LogP) is 5.83. The molecule has 3 aromatic carbocycles. The molecule has 0 spiro atoms. The van der Waals surface area contributed by atoms with E-state index in [0.29, 0.717) is 17.3 Å². The maximum atomic E-state index is 12.1. The number of nitrogens with one attached hydrogen (secondary N) is 2. The second kappa shape index (κ2) is 8.06. The average Bonchev–Trinajstić information content (AvgIpc) is 2.70. The van der Waals surface area contributed by atoms with E-state index in [-0.39, 0.29) is 6.03 Å². The second-order valence-corrected chi connectivity index (χ2v) is 6.83. The van der Waals surface area contributed by atoms with Crippen molar-refractivity contribution < 1.29 is 9.53 Å². The fourth-order valence-corrected chi connectivity index (χ4v) is 2.97. The van der Waals surface area contributed by atoms with Gasteiger partial charge in [0.1, 0.15) is 12.1 Å². The molecular formula is C21H15BrN4O2. The molecule has 0 atom stereocenters. The van der Waals surface area contributed by atoms with Gasteiger partial charge >= 0.3 is 6.03 Å². The fourth-order valence-electron chi connectivity index (χ4n) is 2.62. The van der Waals surface area contributed by atoms with Gasteiger partial charge in [0.05, 0.1) is 10.9 Å². The molecule has 28 heavy (non-hydrogen) atoms. The minimum atomic E-state index is -0.313. The van der Waals surface area contributed by atoms with Gasteiger partial charge in [0, 0.05) is 15.8 Å². The molecule has 4 rings (SSSR count). The minimum Gasteiger partial charge on any atom is -0.438 e. The van der Waals surface area contributed by atoms with Crippen LogP contribution in [0.2, 0.25) is 0 Å². The van der Waals surface area contributed by atoms with Crippen molar-refractivity contribution in [3.05, 3.63) is 83.6 Å². The summed E-state index contributed by atoms with van der Waals surface area (Å²) >= 11 is 3.43. The lowest BCUT2D eigenvalue weighted by molar-refractivity contribution is 0.262. The number of anilines is 2. The predicted molar refractivity (Wildman–Crippen MR) is 113 cm³/mol. The van der Waals surface area contributed by atoms with Crippen LogP contribution < -0.4 is 15.4 Å². The van der Waals surface area contributed by atoms with Crippen molar-refractivity contribution in [1.29, 1.82) is 0 Å². The van der Waals surface area contributed by atoms with Gasteiger partial charge in [-0.1, -0.05) is 34.1 Å². The van der Waals surface area contributed by atoms with Gasteiger partial charge in [-0.05, 0) is 54.6 Å². The second-order valence-electron chi connectivity index (χ2n) is 5.91. The Balaban J connectivity index is 1.44. The summed E-state index contributed by atoms with van der Waals surface area (Å²) in [6, 6.07) is 21.7. The molecule has 2 amide bonds. The highest BCUT2D eigenvalue weighted by Gasteiger charge is 2.07. The number of carbonyl (C=O) groups excluding carboxylic acids is 1. The van der Waals surface area contributed by atoms with Crippen LogP contribution in [-0.2, 0) is 0 Å². The summed E-state index contributed by atoms with van der Waals surface area (Å²) in [4.78, 5) is 20.5. The van der Waals surface area contributed by atoms with Gasteiger partial charge in [-0.2, -0.15) is 0 Å². The van der Waals surface area contributed by atoms with Crippen LogP contribution in [0.15, 0.2) is 83.6 Å². The number of benzene rings is 3. The van der Waals surface area contributed by atoms with Crippen molar-refractivity contribution in [2.75, 3.05) is 10.6 Å². The van der Waals surface area contributed by atoms with Gasteiger partial charge in [0.15, 0.2) is 0 Å². The van der Waals surface area contributed by atoms with Crippen LogP contribution in [0.3, 0.4) is 0 Å². The van der Waals surface area contributed by atoms with E-state index in [1.807, 2.05) is 48.5 Å². The first-order valence-electron chi connectivity index (χ1n) is 8.49. The number of fused-ring (bicyclic) bond motifs is 1. The molecule has 6 nitrogen and oxygen atoms in total. The standard InChI is InChI=1S/C21H15BrN4O2/c22-14-6-11-18-19(12-14)23-13-24-20(18)28-17-9-7-16(8-10-17)26-21(27)25-15-4-2-1-3-5-15/h1-13H,(H2,25,26,27). The average molecular weight is 435 g/mol. The Kier molecular flexibility index (Phi) is 5.16. The van der Waals surface area contributed by atoms with Crippen LogP contribution >= 0.6 is 15.9 Å². The number of carbonyl (C=O) groups is 1. The molecule has 0 saturated carbocycles. The van der Waals surface area contributed by atoms with E-state index in [4.69, 9.17) is 4.74 Å². The largest absolute Gasteiger partial charge is 0.438 e. The topological polar surface area (TPSA) is 76.1 Å². The third-order valence-electron chi connectivity index (χ3n) is 3.92. The smallest absolute Gasteiger partial charge is 0.323 e. The van der Waals surface area contributed by atoms with Gasteiger partial charge in [-0.15, -0.1) is 0 Å². The molecule has 1 heterocycles. The van der Waals surface area contributed by atoms with Crippen LogP contribution in [0.1, 0.15) is 0 Å². The van der Waals surface area contributed by atoms with Gasteiger partial charge in [0.25, 0.3) is 0 Å². The minimum absolute atomic E-state index is 0.313. The lowest BCUT2D eigenvalue weighted by Gasteiger charge is -2.10. The number of aromatic nitrogens is 2. The van der Waals surface area contributed by atoms with E-state index in [1.54, 1.807) is 24.3 Å². The monoisotopic (exact) mass is 434 g/mol. The van der Waals surface area contributed by atoms with E-state index in [0.717, 1.165) is 21.1 Å². The van der Waals surface area contributed by atoms with Gasteiger partial charge in [-0.3, -0.25) is 0 Å². The number of halogens is 1. The Hall–Kier alpha value is -3.45. The van der Waals surface area contributed by atoms with Crippen LogP contribution in [0.25, 0.3) is 10.9 Å². The summed E-state index contributed by atoms with van der Waals surface area (Å²) in [6.07, 6.45) is 1.47. The number of nitrogens with zero attached hydrogens (tertiary/aromatic N) is 2. The Labute approximate surface area is 169 Å². The van der Waals surface area contributed by atoms with Gasteiger partial charge in [-0.25, -0.2) is 14.8 Å². The summed E-state index contributed by atoms with van der Waals surface area (Å²) in [6.45, 7) is 0. The molecule has 7 heteroatoms. The molecule has 0 bridgehead atoms. The molecule has 2 N–H and O–H groups in total. The van der Waals surface area contributed by atoms with Gasteiger partial charge in [0.2, 0.25) is 5.88 Å². The maximum Gasteiger partial charge on any atom is 0.323 e. The normalized spacial score (nSPS) is 10.5. The number of amides is 2. The number of ether oxygens (including phenoxy) is 1. The zero-order valence-electron chi connectivity index (χ0n) is 14.6. The highest BCUT2D eigenvalue weighted by Crippen LogP contribution is 2.28. The Morgan fingerprint density at radius 2 is 1.57 bits per heavy atom. The molecule has 4 aromatic rings. The molecule has 0 aliphatic rings. The molecule has 1 aromatic heterocycles. The van der Waals surface area contributed by atoms with Crippen molar-refractivity contribution in [3.63, 3.8) is 0 Å². The third-order valence-corrected chi connectivity index (χ3v) is 4.41. The third kappa shape index (κ3) is 4.27. The number of rotatable bonds is 4. The van der Waals surface area contributed by atoms with E-state index in [1.165, 1.54) is 6.33 Å². The van der Waals surface area contributed by atoms with Crippen molar-refractivity contribution in [1.82, 2.24) is 9.97 Å². The van der Waals surface area contributed by atoms with Gasteiger partial charge < -0.3 is 15.4 Å². The van der Waals surface area contributed by atoms with Crippen LogP contribution in [0, 0.1) is 0 Å². The van der Waals surface area contributed by atoms with Crippen molar-refractivity contribution in [3.8, 4) is 11.6 Å². The first kappa shape index (κ1) is 17.9. The quantitative estimate of drug-likeness (QED) is 0.423. The first-order chi connectivity index (χ1) is 13.7. The van der Waals surface area contributed by atoms with Crippen LogP contribution in [0.5, 0.6) is 11.6 Å². The van der Waals surface area contributed by atoms with Crippen molar-refractivity contribution >= 4 is 44.2 Å². The Morgan fingerprint density at radius 1 is 0.857 bits per heavy atom.